The number of piperidine rings is 1. The highest BCUT2D eigenvalue weighted by Gasteiger charge is 2.48. The number of hydrogen-bond donors (Lipinski definition) is 3. The van der Waals surface area contributed by atoms with E-state index in [1.807, 2.05) is 42.2 Å². The van der Waals surface area contributed by atoms with E-state index in [-0.39, 0.29) is 29.1 Å². The second-order valence-corrected chi connectivity index (χ2v) is 11.5. The second-order valence-electron chi connectivity index (χ2n) is 11.5. The first kappa shape index (κ1) is 27.8. The van der Waals surface area contributed by atoms with Gasteiger partial charge in [-0.2, -0.15) is 0 Å². The molecule has 2 aromatic carbocycles. The van der Waals surface area contributed by atoms with Crippen LogP contribution in [0.5, 0.6) is 0 Å². The van der Waals surface area contributed by atoms with Gasteiger partial charge in [0.2, 0.25) is 17.7 Å². The smallest absolute Gasteiger partial charge is 0.245 e. The Morgan fingerprint density at radius 1 is 1.05 bits per heavy atom. The van der Waals surface area contributed by atoms with Crippen molar-refractivity contribution in [1.82, 2.24) is 15.5 Å². The molecule has 38 heavy (non-hydrogen) atoms. The SMILES string of the molecule is CCNC(=O)[C@H]1CC2(CCN(C(=O)[C@@H](CCCc3ccccc3)NC(=O)C(C)(C)N)CC2)c2ccccc21. The number of fused-ring (bicyclic) bond motifs is 2. The number of carbonyl (C=O) groups excluding carboxylic acids is 3. The summed E-state index contributed by atoms with van der Waals surface area (Å²) in [5, 5.41) is 5.94. The van der Waals surface area contributed by atoms with Crippen molar-refractivity contribution in [2.75, 3.05) is 19.6 Å². The molecule has 204 valence electrons. The minimum Gasteiger partial charge on any atom is -0.356 e. The maximum absolute atomic E-state index is 13.7. The van der Waals surface area contributed by atoms with E-state index in [1.165, 1.54) is 11.1 Å². The largest absolute Gasteiger partial charge is 0.356 e. The predicted octanol–water partition coefficient (Wildman–Crippen LogP) is 3.42. The fourth-order valence-corrected chi connectivity index (χ4v) is 6.03. The van der Waals surface area contributed by atoms with Gasteiger partial charge in [-0.1, -0.05) is 54.6 Å². The van der Waals surface area contributed by atoms with E-state index < -0.39 is 11.6 Å². The van der Waals surface area contributed by atoms with E-state index in [1.54, 1.807) is 13.8 Å². The first-order valence-corrected chi connectivity index (χ1v) is 13.9. The van der Waals surface area contributed by atoms with Crippen molar-refractivity contribution in [1.29, 1.82) is 0 Å². The first-order valence-electron chi connectivity index (χ1n) is 13.9. The summed E-state index contributed by atoms with van der Waals surface area (Å²) in [5.41, 5.74) is 8.46. The van der Waals surface area contributed by atoms with Crippen LogP contribution in [0, 0.1) is 0 Å². The third-order valence-corrected chi connectivity index (χ3v) is 8.19. The molecule has 0 radical (unpaired) electrons. The lowest BCUT2D eigenvalue weighted by molar-refractivity contribution is -0.139. The molecule has 4 N–H and O–H groups in total. The van der Waals surface area contributed by atoms with Gasteiger partial charge in [0.25, 0.3) is 0 Å². The molecule has 1 fully saturated rings. The van der Waals surface area contributed by atoms with Crippen molar-refractivity contribution in [2.24, 2.45) is 5.73 Å². The van der Waals surface area contributed by atoms with Gasteiger partial charge in [-0.3, -0.25) is 14.4 Å². The summed E-state index contributed by atoms with van der Waals surface area (Å²) < 4.78 is 0. The van der Waals surface area contributed by atoms with E-state index in [4.69, 9.17) is 5.73 Å². The van der Waals surface area contributed by atoms with Gasteiger partial charge in [0.15, 0.2) is 0 Å². The maximum Gasteiger partial charge on any atom is 0.245 e. The number of nitrogens with zero attached hydrogens (tertiary/aromatic N) is 1. The molecule has 7 nitrogen and oxygen atoms in total. The lowest BCUT2D eigenvalue weighted by Gasteiger charge is -2.41. The molecule has 3 amide bonds. The Morgan fingerprint density at radius 2 is 1.71 bits per heavy atom. The van der Waals surface area contributed by atoms with Gasteiger partial charge in [0.05, 0.1) is 11.5 Å². The molecule has 2 aromatic rings. The summed E-state index contributed by atoms with van der Waals surface area (Å²) in [6.07, 6.45) is 4.56. The van der Waals surface area contributed by atoms with Crippen LogP contribution in [0.15, 0.2) is 54.6 Å². The number of carbonyl (C=O) groups is 3. The zero-order valence-corrected chi connectivity index (χ0v) is 23.0. The number of benzene rings is 2. The van der Waals surface area contributed by atoms with Crippen molar-refractivity contribution in [3.8, 4) is 0 Å². The highest BCUT2D eigenvalue weighted by Crippen LogP contribution is 2.51. The minimum atomic E-state index is -1.06. The molecule has 2 atom stereocenters. The number of nitrogens with one attached hydrogen (secondary N) is 2. The van der Waals surface area contributed by atoms with Gasteiger partial charge in [0.1, 0.15) is 6.04 Å². The van der Waals surface area contributed by atoms with E-state index >= 15 is 0 Å². The molecule has 1 aliphatic heterocycles. The molecule has 1 heterocycles. The van der Waals surface area contributed by atoms with Crippen LogP contribution < -0.4 is 16.4 Å². The van der Waals surface area contributed by atoms with Crippen LogP contribution >= 0.6 is 0 Å². The third-order valence-electron chi connectivity index (χ3n) is 8.19. The monoisotopic (exact) mass is 518 g/mol. The quantitative estimate of drug-likeness (QED) is 0.473. The van der Waals surface area contributed by atoms with Gasteiger partial charge in [-0.25, -0.2) is 0 Å². The number of likely N-dealkylation sites (N-methyl/N-ethyl adjacent to an activating group) is 1. The summed E-state index contributed by atoms with van der Waals surface area (Å²) >= 11 is 0. The van der Waals surface area contributed by atoms with Crippen LogP contribution in [-0.2, 0) is 26.2 Å². The highest BCUT2D eigenvalue weighted by atomic mass is 16.2. The molecule has 7 heteroatoms. The topological polar surface area (TPSA) is 105 Å². The standard InChI is InChI=1S/C31H42N4O3/c1-4-33-27(36)24-21-31(25-15-9-8-14-23(24)25)17-19-35(20-18-31)28(37)26(34-29(38)30(2,3)32)16-10-13-22-11-6-5-7-12-22/h5-9,11-12,14-15,24,26H,4,10,13,16-21,32H2,1-3H3,(H,33,36)(H,34,38)/t24-,26+/m0/s1. The van der Waals surface area contributed by atoms with Crippen LogP contribution in [0.2, 0.25) is 0 Å². The number of nitrogens with two attached hydrogens (primary N) is 1. The number of aryl methyl sites for hydroxylation is 1. The number of rotatable bonds is 9. The van der Waals surface area contributed by atoms with Crippen LogP contribution in [-0.4, -0.2) is 53.8 Å². The molecule has 0 aromatic heterocycles. The van der Waals surface area contributed by atoms with Crippen LogP contribution in [0.4, 0.5) is 0 Å². The number of likely N-dealkylation sites (tertiary alicyclic amines) is 1. The lowest BCUT2D eigenvalue weighted by atomic mass is 9.73. The van der Waals surface area contributed by atoms with Crippen molar-refractivity contribution >= 4 is 17.7 Å². The normalized spacial score (nSPS) is 19.1. The van der Waals surface area contributed by atoms with Gasteiger partial charge in [0, 0.05) is 25.0 Å². The molecular formula is C31H42N4O3. The molecule has 0 bridgehead atoms. The average molecular weight is 519 g/mol. The lowest BCUT2D eigenvalue weighted by Crippen LogP contribution is -2.57. The zero-order valence-electron chi connectivity index (χ0n) is 23.0. The molecule has 1 aliphatic carbocycles. The number of hydrogen-bond acceptors (Lipinski definition) is 4. The van der Waals surface area contributed by atoms with Gasteiger partial charge in [-0.05, 0) is 76.0 Å². The Balaban J connectivity index is 1.45. The van der Waals surface area contributed by atoms with E-state index in [0.717, 1.165) is 37.7 Å². The Bertz CT molecular complexity index is 1130. The Kier molecular flexibility index (Phi) is 8.56. The molecule has 2 aliphatic rings. The summed E-state index contributed by atoms with van der Waals surface area (Å²) in [4.78, 5) is 41.2. The summed E-state index contributed by atoms with van der Waals surface area (Å²) in [6.45, 7) is 7.07. The van der Waals surface area contributed by atoms with Crippen molar-refractivity contribution in [3.05, 3.63) is 71.3 Å². The minimum absolute atomic E-state index is 0.0444. The van der Waals surface area contributed by atoms with Gasteiger partial charge >= 0.3 is 0 Å². The Labute approximate surface area is 226 Å². The molecule has 1 spiro atoms. The van der Waals surface area contributed by atoms with Crippen LogP contribution in [0.25, 0.3) is 0 Å². The fraction of sp³-hybridized carbons (Fsp3) is 0.516. The third kappa shape index (κ3) is 6.09. The van der Waals surface area contributed by atoms with Crippen LogP contribution in [0.3, 0.4) is 0 Å². The van der Waals surface area contributed by atoms with E-state index in [2.05, 4.69) is 34.9 Å². The van der Waals surface area contributed by atoms with Gasteiger partial charge in [-0.15, -0.1) is 0 Å². The van der Waals surface area contributed by atoms with E-state index in [0.29, 0.717) is 26.1 Å². The van der Waals surface area contributed by atoms with Gasteiger partial charge < -0.3 is 21.3 Å². The summed E-state index contributed by atoms with van der Waals surface area (Å²) in [6, 6.07) is 17.8. The summed E-state index contributed by atoms with van der Waals surface area (Å²) in [7, 11) is 0. The molecule has 0 saturated carbocycles. The second kappa shape index (κ2) is 11.7. The number of amides is 3. The molecule has 4 rings (SSSR count). The Morgan fingerprint density at radius 3 is 2.37 bits per heavy atom. The Hall–Kier alpha value is -3.19. The highest BCUT2D eigenvalue weighted by molar-refractivity contribution is 5.91. The zero-order chi connectivity index (χ0) is 27.3. The van der Waals surface area contributed by atoms with Crippen LogP contribution in [0.1, 0.15) is 75.5 Å². The summed E-state index contributed by atoms with van der Waals surface area (Å²) in [5.74, 6) is -0.429. The van der Waals surface area contributed by atoms with E-state index in [9.17, 15) is 14.4 Å². The molecule has 0 unspecified atom stereocenters. The molecule has 1 saturated heterocycles. The van der Waals surface area contributed by atoms with Crippen molar-refractivity contribution < 1.29 is 14.4 Å². The predicted molar refractivity (Wildman–Crippen MR) is 150 cm³/mol. The van der Waals surface area contributed by atoms with Crippen molar-refractivity contribution in [2.45, 2.75) is 82.2 Å². The van der Waals surface area contributed by atoms with Crippen molar-refractivity contribution in [3.63, 3.8) is 0 Å². The molecular weight excluding hydrogens is 476 g/mol. The maximum atomic E-state index is 13.7. The first-order chi connectivity index (χ1) is 18.1. The average Bonchev–Trinajstić information content (AvgIpc) is 3.22. The fourth-order valence-electron chi connectivity index (χ4n) is 6.03.